The van der Waals surface area contributed by atoms with E-state index in [4.69, 9.17) is 26.5 Å². The number of aliphatic carboxylic acids is 1. The first-order valence-electron chi connectivity index (χ1n) is 14.8. The number of piperidine rings is 2. The number of hydrogen-bond acceptors (Lipinski definition) is 7. The molecule has 0 bridgehead atoms. The highest BCUT2D eigenvalue weighted by atomic mass is 35.5. The van der Waals surface area contributed by atoms with E-state index in [1.54, 1.807) is 18.3 Å². The number of aromatic nitrogens is 1. The Kier molecular flexibility index (Phi) is 12.5. The molecule has 0 unspecified atom stereocenters. The molecule has 0 radical (unpaired) electrons. The number of alkyl halides is 3. The highest BCUT2D eigenvalue weighted by molar-refractivity contribution is 8.01. The molecule has 3 heterocycles. The lowest BCUT2D eigenvalue weighted by Gasteiger charge is -2.35. The van der Waals surface area contributed by atoms with Gasteiger partial charge in [0, 0.05) is 48.4 Å². The average Bonchev–Trinajstić information content (AvgIpc) is 3.42. The Hall–Kier alpha value is -2.87. The number of para-hydroxylation sites is 1. The van der Waals surface area contributed by atoms with E-state index in [2.05, 4.69) is 23.1 Å². The van der Waals surface area contributed by atoms with Crippen molar-refractivity contribution in [3.63, 3.8) is 0 Å². The third-order valence-electron chi connectivity index (χ3n) is 7.85. The molecule has 0 aliphatic carbocycles. The Morgan fingerprint density at radius 3 is 2.31 bits per heavy atom. The standard InChI is InChI=1S/C29H35ClN4O2S2.C2HF3O2/c1-21(35)33-18-10-22(11-19-33)28(36)34(24-7-4-6-23(30)20-24)15-5-14-32-16-12-25(13-17-32)37-29-31-26-8-2-3-9-27(26)38-29;3-2(4,5)1(6)7/h2-4,6-9,20,22,25H,5,10-19H2,1H3;(H,6,7). The van der Waals surface area contributed by atoms with E-state index in [0.29, 0.717) is 29.9 Å². The van der Waals surface area contributed by atoms with E-state index in [9.17, 15) is 22.8 Å². The Morgan fingerprint density at radius 2 is 1.71 bits per heavy atom. The van der Waals surface area contributed by atoms with Crippen LogP contribution in [0.1, 0.15) is 39.0 Å². The molecule has 1 N–H and O–H groups in total. The number of amides is 2. The van der Waals surface area contributed by atoms with Crippen LogP contribution in [-0.2, 0) is 14.4 Å². The molecule has 0 spiro atoms. The van der Waals surface area contributed by atoms with E-state index in [1.807, 2.05) is 51.9 Å². The number of hydrogen-bond donors (Lipinski definition) is 1. The maximum absolute atomic E-state index is 13.6. The number of thiazole rings is 1. The van der Waals surface area contributed by atoms with Gasteiger partial charge in [0.1, 0.15) is 0 Å². The summed E-state index contributed by atoms with van der Waals surface area (Å²) in [6.45, 7) is 6.72. The number of halogens is 4. The van der Waals surface area contributed by atoms with Gasteiger partial charge in [-0.3, -0.25) is 9.59 Å². The summed E-state index contributed by atoms with van der Waals surface area (Å²) in [5.41, 5.74) is 1.96. The zero-order valence-corrected chi connectivity index (χ0v) is 27.2. The normalized spacial score (nSPS) is 16.7. The lowest BCUT2D eigenvalue weighted by Crippen LogP contribution is -2.45. The summed E-state index contributed by atoms with van der Waals surface area (Å²) in [6, 6.07) is 16.0. The Balaban J connectivity index is 0.000000591. The molecule has 3 aromatic rings. The van der Waals surface area contributed by atoms with Gasteiger partial charge in [-0.1, -0.05) is 41.6 Å². The number of carboxylic acids is 1. The fourth-order valence-corrected chi connectivity index (χ4v) is 8.05. The van der Waals surface area contributed by atoms with E-state index in [0.717, 1.165) is 62.9 Å². The average molecular weight is 685 g/mol. The van der Waals surface area contributed by atoms with Crippen LogP contribution in [0.2, 0.25) is 5.02 Å². The number of carbonyl (C=O) groups is 3. The molecule has 45 heavy (non-hydrogen) atoms. The summed E-state index contributed by atoms with van der Waals surface area (Å²) in [6.07, 6.45) is -0.413. The molecule has 2 aromatic carbocycles. The number of anilines is 1. The number of nitrogens with zero attached hydrogens (tertiary/aromatic N) is 4. The second kappa shape index (κ2) is 16.1. The second-order valence-corrected chi connectivity index (χ2v) is 14.0. The van der Waals surface area contributed by atoms with E-state index in [1.165, 1.54) is 9.04 Å². The van der Waals surface area contributed by atoms with Crippen molar-refractivity contribution >= 4 is 68.4 Å². The van der Waals surface area contributed by atoms with Gasteiger partial charge in [0.05, 0.1) is 10.2 Å². The highest BCUT2D eigenvalue weighted by Crippen LogP contribution is 2.35. The number of fused-ring (bicyclic) bond motifs is 1. The van der Waals surface area contributed by atoms with Gasteiger partial charge in [0.15, 0.2) is 4.34 Å². The van der Waals surface area contributed by atoms with E-state index >= 15 is 0 Å². The van der Waals surface area contributed by atoms with Crippen LogP contribution in [-0.4, -0.2) is 88.4 Å². The largest absolute Gasteiger partial charge is 0.490 e. The molecule has 14 heteroatoms. The number of carbonyl (C=O) groups excluding carboxylic acids is 2. The number of carboxylic acid groups (broad SMARTS) is 1. The second-order valence-electron chi connectivity index (χ2n) is 11.0. The molecule has 2 saturated heterocycles. The van der Waals surface area contributed by atoms with Crippen LogP contribution >= 0.6 is 34.7 Å². The zero-order valence-electron chi connectivity index (χ0n) is 24.8. The van der Waals surface area contributed by atoms with Crippen LogP contribution in [0, 0.1) is 5.92 Å². The molecule has 0 atom stereocenters. The van der Waals surface area contributed by atoms with Crippen molar-refractivity contribution in [3.8, 4) is 0 Å². The number of rotatable bonds is 8. The molecule has 2 aliphatic heterocycles. The lowest BCUT2D eigenvalue weighted by atomic mass is 9.94. The Morgan fingerprint density at radius 1 is 1.04 bits per heavy atom. The highest BCUT2D eigenvalue weighted by Gasteiger charge is 2.38. The molecule has 244 valence electrons. The van der Waals surface area contributed by atoms with Crippen molar-refractivity contribution in [1.29, 1.82) is 0 Å². The topological polar surface area (TPSA) is 94.1 Å². The predicted octanol–water partition coefficient (Wildman–Crippen LogP) is 6.82. The first-order chi connectivity index (χ1) is 21.4. The van der Waals surface area contributed by atoms with Crippen molar-refractivity contribution in [2.24, 2.45) is 5.92 Å². The summed E-state index contributed by atoms with van der Waals surface area (Å²) in [7, 11) is 0. The molecule has 0 saturated carbocycles. The van der Waals surface area contributed by atoms with Gasteiger partial charge in [0.2, 0.25) is 11.8 Å². The molecule has 8 nitrogen and oxygen atoms in total. The Bertz CT molecular complexity index is 1420. The van der Waals surface area contributed by atoms with Crippen molar-refractivity contribution in [2.45, 2.75) is 54.8 Å². The fraction of sp³-hybridized carbons (Fsp3) is 0.484. The van der Waals surface area contributed by atoms with Crippen molar-refractivity contribution in [3.05, 3.63) is 53.6 Å². The van der Waals surface area contributed by atoms with Gasteiger partial charge in [0.25, 0.3) is 0 Å². The molecule has 2 aliphatic rings. The molecular weight excluding hydrogens is 649 g/mol. The van der Waals surface area contributed by atoms with Gasteiger partial charge in [-0.05, 0) is 82.1 Å². The summed E-state index contributed by atoms with van der Waals surface area (Å²) in [5.74, 6) is -2.57. The lowest BCUT2D eigenvalue weighted by molar-refractivity contribution is -0.192. The van der Waals surface area contributed by atoms with Crippen LogP contribution in [0.3, 0.4) is 0 Å². The number of likely N-dealkylation sites (tertiary alicyclic amines) is 2. The molecule has 5 rings (SSSR count). The monoisotopic (exact) mass is 684 g/mol. The quantitative estimate of drug-likeness (QED) is 0.278. The van der Waals surface area contributed by atoms with Crippen molar-refractivity contribution in [1.82, 2.24) is 14.8 Å². The van der Waals surface area contributed by atoms with E-state index < -0.39 is 12.1 Å². The first-order valence-corrected chi connectivity index (χ1v) is 16.8. The van der Waals surface area contributed by atoms with Gasteiger partial charge in [-0.25, -0.2) is 9.78 Å². The first kappa shape index (κ1) is 35.0. The number of benzene rings is 2. The smallest absolute Gasteiger partial charge is 0.475 e. The maximum atomic E-state index is 13.6. The molecular formula is C31H36ClF3N4O4S2. The van der Waals surface area contributed by atoms with Crippen LogP contribution in [0.4, 0.5) is 18.9 Å². The zero-order chi connectivity index (χ0) is 32.6. The van der Waals surface area contributed by atoms with Gasteiger partial charge in [-0.2, -0.15) is 13.2 Å². The third-order valence-corrected chi connectivity index (χ3v) is 10.6. The minimum atomic E-state index is -5.08. The minimum absolute atomic E-state index is 0.0557. The molecule has 1 aromatic heterocycles. The summed E-state index contributed by atoms with van der Waals surface area (Å²) < 4.78 is 34.2. The van der Waals surface area contributed by atoms with Gasteiger partial charge in [-0.15, -0.1) is 11.3 Å². The fourth-order valence-electron chi connectivity index (χ4n) is 5.42. The summed E-state index contributed by atoms with van der Waals surface area (Å²) in [5, 5.41) is 8.37. The van der Waals surface area contributed by atoms with Crippen molar-refractivity contribution in [2.75, 3.05) is 44.2 Å². The summed E-state index contributed by atoms with van der Waals surface area (Å²) in [4.78, 5) is 45.3. The summed E-state index contributed by atoms with van der Waals surface area (Å²) >= 11 is 10.0. The molecule has 2 amide bonds. The van der Waals surface area contributed by atoms with Crippen molar-refractivity contribution < 1.29 is 32.7 Å². The van der Waals surface area contributed by atoms with Crippen LogP contribution in [0.15, 0.2) is 52.9 Å². The predicted molar refractivity (Wildman–Crippen MR) is 172 cm³/mol. The molecule has 2 fully saturated rings. The van der Waals surface area contributed by atoms with Crippen LogP contribution in [0.5, 0.6) is 0 Å². The van der Waals surface area contributed by atoms with Gasteiger partial charge < -0.3 is 19.8 Å². The van der Waals surface area contributed by atoms with Crippen LogP contribution < -0.4 is 4.90 Å². The number of thioether (sulfide) groups is 1. The Labute approximate surface area is 273 Å². The SMILES string of the molecule is CC(=O)N1CCC(C(=O)N(CCCN2CCC(Sc3nc4ccccc4s3)CC2)c2cccc(Cl)c2)CC1.O=C(O)C(F)(F)F. The van der Waals surface area contributed by atoms with Gasteiger partial charge >= 0.3 is 12.1 Å². The minimum Gasteiger partial charge on any atom is -0.475 e. The third kappa shape index (κ3) is 10.3. The van der Waals surface area contributed by atoms with Crippen LogP contribution in [0.25, 0.3) is 10.2 Å². The van der Waals surface area contributed by atoms with E-state index in [-0.39, 0.29) is 17.7 Å². The maximum Gasteiger partial charge on any atom is 0.490 e.